The van der Waals surface area contributed by atoms with E-state index in [0.29, 0.717) is 19.5 Å². The summed E-state index contributed by atoms with van der Waals surface area (Å²) in [5, 5.41) is 3.85. The van der Waals surface area contributed by atoms with Gasteiger partial charge in [0.15, 0.2) is 0 Å². The maximum Gasteiger partial charge on any atom is 0.221 e. The Balaban J connectivity index is 1.86. The summed E-state index contributed by atoms with van der Waals surface area (Å²) in [5.41, 5.74) is 1.18. The molecule has 6 heteroatoms. The fraction of sp³-hybridized carbons (Fsp3) is 0.278. The van der Waals surface area contributed by atoms with Crippen molar-refractivity contribution in [2.24, 2.45) is 0 Å². The number of thiophene rings is 1. The van der Waals surface area contributed by atoms with Gasteiger partial charge in [0.25, 0.3) is 0 Å². The van der Waals surface area contributed by atoms with Crippen molar-refractivity contribution >= 4 is 33.3 Å². The van der Waals surface area contributed by atoms with E-state index >= 15 is 0 Å². The van der Waals surface area contributed by atoms with E-state index in [2.05, 4.69) is 33.5 Å². The number of rotatable bonds is 6. The summed E-state index contributed by atoms with van der Waals surface area (Å²) in [6, 6.07) is 12.4. The molecule has 3 rings (SSSR count). The first-order chi connectivity index (χ1) is 11.7. The number of carbonyl (C=O) groups is 1. The first kappa shape index (κ1) is 16.4. The monoisotopic (exact) mass is 340 g/mol. The number of aromatic nitrogens is 2. The summed E-state index contributed by atoms with van der Waals surface area (Å²) in [6.07, 6.45) is 2.04. The van der Waals surface area contributed by atoms with Crippen molar-refractivity contribution in [2.75, 3.05) is 25.0 Å². The summed E-state index contributed by atoms with van der Waals surface area (Å²) in [6.45, 7) is 3.20. The third-order valence-corrected chi connectivity index (χ3v) is 4.87. The van der Waals surface area contributed by atoms with Gasteiger partial charge in [-0.15, -0.1) is 11.3 Å². The molecule has 0 unspecified atom stereocenters. The molecule has 124 valence electrons. The lowest BCUT2D eigenvalue weighted by Crippen LogP contribution is -2.28. The number of fused-ring (bicyclic) bond motifs is 1. The minimum atomic E-state index is 0.0601. The number of nitrogens with one attached hydrogen (secondary N) is 1. The molecule has 0 saturated carbocycles. The van der Waals surface area contributed by atoms with Gasteiger partial charge in [0.2, 0.25) is 5.91 Å². The fourth-order valence-electron chi connectivity index (χ4n) is 2.55. The van der Waals surface area contributed by atoms with Crippen LogP contribution in [0.25, 0.3) is 20.7 Å². The molecule has 0 spiro atoms. The third-order valence-electron chi connectivity index (χ3n) is 3.78. The average Bonchev–Trinajstić information content (AvgIpc) is 3.05. The number of anilines is 1. The van der Waals surface area contributed by atoms with Crippen molar-refractivity contribution in [3.63, 3.8) is 0 Å². The Kier molecular flexibility index (Phi) is 5.05. The van der Waals surface area contributed by atoms with E-state index in [1.807, 2.05) is 37.1 Å². The van der Waals surface area contributed by atoms with Crippen LogP contribution in [0.2, 0.25) is 0 Å². The lowest BCUT2D eigenvalue weighted by atomic mass is 10.2. The highest BCUT2D eigenvalue weighted by Gasteiger charge is 2.13. The van der Waals surface area contributed by atoms with Gasteiger partial charge in [-0.1, -0.05) is 30.3 Å². The highest BCUT2D eigenvalue weighted by atomic mass is 32.1. The molecule has 0 fully saturated rings. The molecular weight excluding hydrogens is 320 g/mol. The van der Waals surface area contributed by atoms with Crippen LogP contribution in [0, 0.1) is 0 Å². The van der Waals surface area contributed by atoms with E-state index in [4.69, 9.17) is 0 Å². The van der Waals surface area contributed by atoms with Crippen molar-refractivity contribution in [2.45, 2.75) is 13.3 Å². The third kappa shape index (κ3) is 3.54. The molecule has 5 nitrogen and oxygen atoms in total. The molecule has 0 atom stereocenters. The zero-order chi connectivity index (χ0) is 16.9. The van der Waals surface area contributed by atoms with Crippen molar-refractivity contribution in [1.82, 2.24) is 15.3 Å². The Labute approximate surface area is 145 Å². The van der Waals surface area contributed by atoms with Gasteiger partial charge in [0.1, 0.15) is 17.0 Å². The van der Waals surface area contributed by atoms with Crippen LogP contribution in [0.3, 0.4) is 0 Å². The topological polar surface area (TPSA) is 58.1 Å². The molecule has 0 aliphatic carbocycles. The van der Waals surface area contributed by atoms with Gasteiger partial charge in [0.05, 0.1) is 5.39 Å². The molecule has 0 aliphatic rings. The standard InChI is InChI=1S/C18H20N4OS/c1-3-19-16(23)9-10-22(2)17-14-11-15(13-7-5-4-6-8-13)24-18(14)21-12-20-17/h4-8,11-12H,3,9-10H2,1-2H3,(H,19,23). The molecular formula is C18H20N4OS. The van der Waals surface area contributed by atoms with E-state index in [1.165, 1.54) is 10.4 Å². The zero-order valence-corrected chi connectivity index (χ0v) is 14.6. The molecule has 2 heterocycles. The summed E-state index contributed by atoms with van der Waals surface area (Å²) in [7, 11) is 1.96. The molecule has 0 saturated heterocycles. The zero-order valence-electron chi connectivity index (χ0n) is 13.8. The molecule has 1 amide bonds. The second-order valence-corrected chi connectivity index (χ2v) is 6.55. The number of nitrogens with zero attached hydrogens (tertiary/aromatic N) is 3. The number of carbonyl (C=O) groups excluding carboxylic acids is 1. The van der Waals surface area contributed by atoms with Crippen molar-refractivity contribution < 1.29 is 4.79 Å². The lowest BCUT2D eigenvalue weighted by molar-refractivity contribution is -0.120. The van der Waals surface area contributed by atoms with E-state index in [9.17, 15) is 4.79 Å². The summed E-state index contributed by atoms with van der Waals surface area (Å²) >= 11 is 1.66. The van der Waals surface area contributed by atoms with E-state index < -0.39 is 0 Å². The Hall–Kier alpha value is -2.47. The van der Waals surface area contributed by atoms with Crippen LogP contribution in [0.5, 0.6) is 0 Å². The number of hydrogen-bond donors (Lipinski definition) is 1. The fourth-order valence-corrected chi connectivity index (χ4v) is 3.55. The predicted molar refractivity (Wildman–Crippen MR) is 99.4 cm³/mol. The lowest BCUT2D eigenvalue weighted by Gasteiger charge is -2.18. The maximum atomic E-state index is 11.7. The highest BCUT2D eigenvalue weighted by Crippen LogP contribution is 2.35. The van der Waals surface area contributed by atoms with Crippen LogP contribution < -0.4 is 10.2 Å². The van der Waals surface area contributed by atoms with Gasteiger partial charge in [-0.25, -0.2) is 9.97 Å². The van der Waals surface area contributed by atoms with Gasteiger partial charge in [0, 0.05) is 31.4 Å². The van der Waals surface area contributed by atoms with Gasteiger partial charge in [-0.2, -0.15) is 0 Å². The SMILES string of the molecule is CCNC(=O)CCN(C)c1ncnc2sc(-c3ccccc3)cc12. The van der Waals surface area contributed by atoms with Gasteiger partial charge in [-0.05, 0) is 18.6 Å². The average molecular weight is 340 g/mol. The van der Waals surface area contributed by atoms with Gasteiger partial charge >= 0.3 is 0 Å². The molecule has 3 aromatic rings. The minimum Gasteiger partial charge on any atom is -0.359 e. The van der Waals surface area contributed by atoms with Crippen LogP contribution in [-0.2, 0) is 4.79 Å². The van der Waals surface area contributed by atoms with Crippen molar-refractivity contribution in [3.8, 4) is 10.4 Å². The number of benzene rings is 1. The smallest absolute Gasteiger partial charge is 0.221 e. The summed E-state index contributed by atoms with van der Waals surface area (Å²) in [5.74, 6) is 0.924. The molecule has 24 heavy (non-hydrogen) atoms. The van der Waals surface area contributed by atoms with Gasteiger partial charge in [-0.3, -0.25) is 4.79 Å². The van der Waals surface area contributed by atoms with Crippen LogP contribution >= 0.6 is 11.3 Å². The molecule has 2 aromatic heterocycles. The normalized spacial score (nSPS) is 10.8. The molecule has 0 aliphatic heterocycles. The Bertz CT molecular complexity index is 831. The molecule has 0 radical (unpaired) electrons. The second-order valence-electron chi connectivity index (χ2n) is 5.52. The van der Waals surface area contributed by atoms with E-state index in [1.54, 1.807) is 17.7 Å². The number of hydrogen-bond acceptors (Lipinski definition) is 5. The highest BCUT2D eigenvalue weighted by molar-refractivity contribution is 7.21. The number of amides is 1. The molecule has 0 bridgehead atoms. The van der Waals surface area contributed by atoms with Crippen LogP contribution in [0.4, 0.5) is 5.82 Å². The first-order valence-electron chi connectivity index (χ1n) is 7.97. The van der Waals surface area contributed by atoms with Gasteiger partial charge < -0.3 is 10.2 Å². The predicted octanol–water partition coefficient (Wildman–Crippen LogP) is 3.32. The van der Waals surface area contributed by atoms with E-state index in [0.717, 1.165) is 16.0 Å². The quantitative estimate of drug-likeness (QED) is 0.748. The molecule has 1 aromatic carbocycles. The Morgan fingerprint density at radius 1 is 1.25 bits per heavy atom. The van der Waals surface area contributed by atoms with Crippen molar-refractivity contribution in [1.29, 1.82) is 0 Å². The second kappa shape index (κ2) is 7.40. The van der Waals surface area contributed by atoms with Crippen molar-refractivity contribution in [3.05, 3.63) is 42.7 Å². The Morgan fingerprint density at radius 2 is 2.04 bits per heavy atom. The van der Waals surface area contributed by atoms with E-state index in [-0.39, 0.29) is 5.91 Å². The summed E-state index contributed by atoms with van der Waals surface area (Å²) in [4.78, 5) is 24.6. The minimum absolute atomic E-state index is 0.0601. The summed E-state index contributed by atoms with van der Waals surface area (Å²) < 4.78 is 0. The van der Waals surface area contributed by atoms with Crippen LogP contribution in [-0.4, -0.2) is 36.0 Å². The largest absolute Gasteiger partial charge is 0.359 e. The van der Waals surface area contributed by atoms with Crippen LogP contribution in [0.15, 0.2) is 42.7 Å². The van der Waals surface area contributed by atoms with Crippen LogP contribution in [0.1, 0.15) is 13.3 Å². The molecule has 1 N–H and O–H groups in total. The Morgan fingerprint density at radius 3 is 2.79 bits per heavy atom. The first-order valence-corrected chi connectivity index (χ1v) is 8.78. The maximum absolute atomic E-state index is 11.7.